The monoisotopic (exact) mass is 714 g/mol. The first-order chi connectivity index (χ1) is 24.6. The second-order valence-corrected chi connectivity index (χ2v) is 15.0. The summed E-state index contributed by atoms with van der Waals surface area (Å²) in [6.07, 6.45) is 8.32. The van der Waals surface area contributed by atoms with E-state index in [0.29, 0.717) is 58.4 Å². The number of carbonyl (C=O) groups is 2. The number of fused-ring (bicyclic) bond motifs is 2. The first-order valence-electron chi connectivity index (χ1n) is 18.1. The Morgan fingerprint density at radius 2 is 1.94 bits per heavy atom. The molecular weight excluding hydrogens is 664 g/mol. The fraction of sp³-hybridized carbons (Fsp3) is 0.487. The number of carbonyl (C=O) groups excluding carboxylic acids is 2. The number of methoxy groups -OCH3 is 1. The molecule has 11 nitrogen and oxygen atoms in total. The van der Waals surface area contributed by atoms with Gasteiger partial charge in [-0.05, 0) is 91.3 Å². The second-order valence-electron chi connectivity index (χ2n) is 14.6. The van der Waals surface area contributed by atoms with Crippen molar-refractivity contribution < 1.29 is 14.3 Å². The fourth-order valence-corrected chi connectivity index (χ4v) is 8.47. The summed E-state index contributed by atoms with van der Waals surface area (Å²) in [4.78, 5) is 38.2. The highest BCUT2D eigenvalue weighted by molar-refractivity contribution is 6.32. The predicted octanol–water partition coefficient (Wildman–Crippen LogP) is 6.71. The number of hydrogen-bond acceptors (Lipinski definition) is 9. The molecule has 2 bridgehead atoms. The van der Waals surface area contributed by atoms with Crippen molar-refractivity contribution in [3.63, 3.8) is 0 Å². The number of nitrogens with one attached hydrogen (secondary N) is 4. The van der Waals surface area contributed by atoms with Crippen LogP contribution in [0, 0.1) is 23.2 Å². The number of halogens is 1. The normalized spacial score (nSPS) is 20.9. The number of ether oxygens (including phenoxy) is 1. The Bertz CT molecular complexity index is 1710. The van der Waals surface area contributed by atoms with E-state index >= 15 is 0 Å². The van der Waals surface area contributed by atoms with E-state index in [1.807, 2.05) is 36.4 Å². The van der Waals surface area contributed by atoms with Crippen molar-refractivity contribution in [2.75, 3.05) is 67.2 Å². The summed E-state index contributed by atoms with van der Waals surface area (Å²) in [5.41, 5.74) is 3.86. The van der Waals surface area contributed by atoms with Gasteiger partial charge in [-0.3, -0.25) is 14.5 Å². The lowest BCUT2D eigenvalue weighted by molar-refractivity contribution is -0.122. The van der Waals surface area contributed by atoms with E-state index in [4.69, 9.17) is 16.3 Å². The SMILES string of the molecule is C=CC(=O)Nc1cccc(CNc2nc(Nc3ccc(N4CCN(CCCNC(=O)CC5C[C@H]6CC[C@@H]5C6(C)C)CC4)cc3OC)ncc2Cl)c1. The van der Waals surface area contributed by atoms with Crippen LogP contribution in [0.15, 0.2) is 61.3 Å². The van der Waals surface area contributed by atoms with Gasteiger partial charge in [0, 0.05) is 63.1 Å². The maximum Gasteiger partial charge on any atom is 0.247 e. The lowest BCUT2D eigenvalue weighted by Crippen LogP contribution is -2.47. The fourth-order valence-electron chi connectivity index (χ4n) is 8.31. The second kappa shape index (κ2) is 16.3. The lowest BCUT2D eigenvalue weighted by atomic mass is 9.79. The molecule has 3 aromatic rings. The molecule has 1 saturated heterocycles. The van der Waals surface area contributed by atoms with Crippen LogP contribution in [0.1, 0.15) is 51.5 Å². The Morgan fingerprint density at radius 1 is 1.12 bits per heavy atom. The first-order valence-corrected chi connectivity index (χ1v) is 18.5. The molecule has 4 N–H and O–H groups in total. The summed E-state index contributed by atoms with van der Waals surface area (Å²) in [5.74, 6) is 3.59. The number of benzene rings is 2. The molecule has 12 heteroatoms. The zero-order valence-electron chi connectivity index (χ0n) is 30.0. The van der Waals surface area contributed by atoms with Crippen molar-refractivity contribution in [1.82, 2.24) is 20.2 Å². The van der Waals surface area contributed by atoms with Gasteiger partial charge in [0.1, 0.15) is 10.8 Å². The lowest BCUT2D eigenvalue weighted by Gasteiger charge is -2.36. The van der Waals surface area contributed by atoms with Crippen LogP contribution in [-0.4, -0.2) is 73.1 Å². The minimum Gasteiger partial charge on any atom is -0.494 e. The predicted molar refractivity (Wildman–Crippen MR) is 205 cm³/mol. The molecule has 2 aliphatic carbocycles. The third-order valence-corrected chi connectivity index (χ3v) is 11.4. The van der Waals surface area contributed by atoms with E-state index in [9.17, 15) is 9.59 Å². The zero-order valence-corrected chi connectivity index (χ0v) is 30.8. The van der Waals surface area contributed by atoms with Gasteiger partial charge in [0.15, 0.2) is 5.82 Å². The molecular formula is C39H51ClN8O3. The van der Waals surface area contributed by atoms with Gasteiger partial charge in [-0.15, -0.1) is 0 Å². The molecule has 2 aromatic carbocycles. The van der Waals surface area contributed by atoms with Crippen LogP contribution in [0.25, 0.3) is 0 Å². The van der Waals surface area contributed by atoms with E-state index in [2.05, 4.69) is 67.5 Å². The minimum atomic E-state index is -0.268. The Hall–Kier alpha value is -4.35. The Labute approximate surface area is 306 Å². The summed E-state index contributed by atoms with van der Waals surface area (Å²) < 4.78 is 5.76. The van der Waals surface area contributed by atoms with Crippen LogP contribution in [0.3, 0.4) is 0 Å². The molecule has 272 valence electrons. The number of amides is 2. The van der Waals surface area contributed by atoms with Crippen molar-refractivity contribution >= 4 is 52.2 Å². The molecule has 1 unspecified atom stereocenters. The van der Waals surface area contributed by atoms with E-state index < -0.39 is 0 Å². The Morgan fingerprint density at radius 3 is 2.67 bits per heavy atom. The third kappa shape index (κ3) is 8.94. The van der Waals surface area contributed by atoms with E-state index in [-0.39, 0.29) is 11.8 Å². The van der Waals surface area contributed by atoms with E-state index in [0.717, 1.165) is 68.5 Å². The average Bonchev–Trinajstić information content (AvgIpc) is 3.55. The molecule has 51 heavy (non-hydrogen) atoms. The highest BCUT2D eigenvalue weighted by Crippen LogP contribution is 2.61. The minimum absolute atomic E-state index is 0.231. The van der Waals surface area contributed by atoms with Crippen molar-refractivity contribution in [1.29, 1.82) is 0 Å². The van der Waals surface area contributed by atoms with Gasteiger partial charge in [-0.2, -0.15) is 4.98 Å². The van der Waals surface area contributed by atoms with Crippen molar-refractivity contribution in [2.24, 2.45) is 23.2 Å². The zero-order chi connectivity index (χ0) is 36.0. The Kier molecular flexibility index (Phi) is 11.7. The van der Waals surface area contributed by atoms with Crippen LogP contribution < -0.4 is 30.9 Å². The summed E-state index contributed by atoms with van der Waals surface area (Å²) in [5, 5.41) is 12.9. The first kappa shape index (κ1) is 36.4. The highest BCUT2D eigenvalue weighted by Gasteiger charge is 2.53. The molecule has 3 fully saturated rings. The van der Waals surface area contributed by atoms with Gasteiger partial charge >= 0.3 is 0 Å². The molecule has 6 rings (SSSR count). The number of aromatic nitrogens is 2. The van der Waals surface area contributed by atoms with Crippen LogP contribution in [0.2, 0.25) is 5.02 Å². The van der Waals surface area contributed by atoms with Crippen LogP contribution in [0.5, 0.6) is 5.75 Å². The third-order valence-electron chi connectivity index (χ3n) is 11.2. The van der Waals surface area contributed by atoms with Gasteiger partial charge in [0.05, 0.1) is 19.0 Å². The number of rotatable bonds is 15. The maximum atomic E-state index is 12.7. The van der Waals surface area contributed by atoms with Gasteiger partial charge in [0.2, 0.25) is 17.8 Å². The van der Waals surface area contributed by atoms with Crippen LogP contribution in [-0.2, 0) is 16.1 Å². The maximum absolute atomic E-state index is 12.7. The van der Waals surface area contributed by atoms with Crippen LogP contribution >= 0.6 is 11.6 Å². The quantitative estimate of drug-likeness (QED) is 0.101. The number of piperazine rings is 1. The van der Waals surface area contributed by atoms with E-state index in [1.54, 1.807) is 13.3 Å². The summed E-state index contributed by atoms with van der Waals surface area (Å²) >= 11 is 6.42. The van der Waals surface area contributed by atoms with Crippen LogP contribution in [0.4, 0.5) is 28.8 Å². The number of hydrogen-bond donors (Lipinski definition) is 4. The summed E-state index contributed by atoms with van der Waals surface area (Å²) in [6, 6.07) is 13.6. The van der Waals surface area contributed by atoms with Crippen molar-refractivity contribution in [3.8, 4) is 5.75 Å². The summed E-state index contributed by atoms with van der Waals surface area (Å²) in [6.45, 7) is 14.3. The number of nitrogens with zero attached hydrogens (tertiary/aromatic N) is 4. The summed E-state index contributed by atoms with van der Waals surface area (Å²) in [7, 11) is 1.65. The van der Waals surface area contributed by atoms with Crippen molar-refractivity contribution in [2.45, 2.75) is 52.5 Å². The standard InChI is InChI=1S/C39H51ClN8O3/c1-5-35(49)44-29-9-6-8-26(20-29)24-42-37-32(40)25-43-38(46-37)45-33-13-11-30(23-34(33)51-4)48-18-16-47(17-19-48)15-7-14-41-36(50)22-27-21-28-10-12-31(27)39(28,2)3/h5-6,8-9,11,13,20,23,25,27-28,31H,1,7,10,12,14-19,21-22,24H2,2-4H3,(H,41,50)(H,44,49)(H2,42,43,45,46)/t27?,28-,31+/m1/s1. The molecule has 1 aromatic heterocycles. The van der Waals surface area contributed by atoms with Gasteiger partial charge < -0.3 is 30.9 Å². The Balaban J connectivity index is 0.948. The molecule has 0 spiro atoms. The smallest absolute Gasteiger partial charge is 0.247 e. The van der Waals surface area contributed by atoms with Crippen molar-refractivity contribution in [3.05, 3.63) is 71.9 Å². The van der Waals surface area contributed by atoms with E-state index in [1.165, 1.54) is 25.3 Å². The average molecular weight is 715 g/mol. The molecule has 2 saturated carbocycles. The molecule has 3 atom stereocenters. The molecule has 1 aliphatic heterocycles. The molecule has 0 radical (unpaired) electrons. The van der Waals surface area contributed by atoms with Gasteiger partial charge in [-0.1, -0.05) is 44.2 Å². The van der Waals surface area contributed by atoms with Gasteiger partial charge in [-0.25, -0.2) is 4.98 Å². The highest BCUT2D eigenvalue weighted by atomic mass is 35.5. The molecule has 2 heterocycles. The van der Waals surface area contributed by atoms with Gasteiger partial charge in [0.25, 0.3) is 0 Å². The largest absolute Gasteiger partial charge is 0.494 e. The number of anilines is 5. The topological polar surface area (TPSA) is 124 Å². The molecule has 3 aliphatic rings. The molecule has 2 amide bonds.